The summed E-state index contributed by atoms with van der Waals surface area (Å²) in [4.78, 5) is 0. The van der Waals surface area contributed by atoms with Gasteiger partial charge in [-0.2, -0.15) is 0 Å². The van der Waals surface area contributed by atoms with Gasteiger partial charge in [0.2, 0.25) is 0 Å². The zero-order chi connectivity index (χ0) is 4.12. The molecular formula is C2H7N2Tb. The Bertz CT molecular complexity index is 15.1. The summed E-state index contributed by atoms with van der Waals surface area (Å²) in [6.07, 6.45) is 0. The van der Waals surface area contributed by atoms with Crippen molar-refractivity contribution in [2.24, 2.45) is 5.73 Å². The molecule has 0 radical (unpaired) electrons. The van der Waals surface area contributed by atoms with Crippen LogP contribution in [-0.2, 0) is 0 Å². The molecule has 2 nitrogen and oxygen atoms in total. The Balaban J connectivity index is 2.19. The molecule has 5 heavy (non-hydrogen) atoms. The molecule has 0 saturated carbocycles. The predicted octanol–water partition coefficient (Wildman–Crippen LogP) is -1.00. The second-order valence-electron chi connectivity index (χ2n) is 0.657. The van der Waals surface area contributed by atoms with Gasteiger partial charge in [-0.15, -0.1) is 0 Å². The van der Waals surface area contributed by atoms with Crippen LogP contribution in [0.15, 0.2) is 0 Å². The molecule has 0 spiro atoms. The van der Waals surface area contributed by atoms with E-state index >= 15 is 0 Å². The molecule has 34 valence electrons. The van der Waals surface area contributed by atoms with Gasteiger partial charge in [0.15, 0.2) is 0 Å². The maximum absolute atomic E-state index is 5.08. The summed E-state index contributed by atoms with van der Waals surface area (Å²) in [5.41, 5.74) is 5.08. The Labute approximate surface area is 57.1 Å². The van der Waals surface area contributed by atoms with E-state index in [2.05, 4.69) is 1.69 Å². The van der Waals surface area contributed by atoms with Crippen molar-refractivity contribution in [3.8, 4) is 0 Å². The first kappa shape index (κ1) is 6.21. The average Bonchev–Trinajstić information content (AvgIpc) is 1.41. The summed E-state index contributed by atoms with van der Waals surface area (Å²) in [5.74, 6) is 0. The van der Waals surface area contributed by atoms with Crippen LogP contribution in [-0.4, -0.2) is 13.1 Å². The standard InChI is InChI=1S/C2H7N2.Tb/c3-1-2-4;/h3H,1-2,4H2;/q-1;+1. The van der Waals surface area contributed by atoms with Crippen LogP contribution in [0.5, 0.6) is 0 Å². The van der Waals surface area contributed by atoms with Crippen molar-refractivity contribution in [2.75, 3.05) is 13.1 Å². The molecule has 0 saturated heterocycles. The van der Waals surface area contributed by atoms with E-state index in [-0.39, 0.29) is 0 Å². The summed E-state index contributed by atoms with van der Waals surface area (Å²) in [7, 11) is 0. The van der Waals surface area contributed by atoms with Gasteiger partial charge in [0.1, 0.15) is 0 Å². The maximum atomic E-state index is 5.08. The first-order valence-corrected chi connectivity index (χ1v) is 2.50. The molecule has 0 bridgehead atoms. The molecule has 0 fully saturated rings. The third kappa shape index (κ3) is 5.21. The number of nitrogens with two attached hydrogens (primary N) is 1. The van der Waals surface area contributed by atoms with Crippen LogP contribution < -0.4 is 7.42 Å². The Kier molecular flexibility index (Phi) is 6.46. The van der Waals surface area contributed by atoms with E-state index in [1.54, 1.807) is 0 Å². The molecule has 0 unspecified atom stereocenters. The van der Waals surface area contributed by atoms with Gasteiger partial charge in [-0.25, -0.2) is 0 Å². The molecule has 3 N–H and O–H groups in total. The molecular weight excluding hydrogens is 211 g/mol. The van der Waals surface area contributed by atoms with Crippen LogP contribution in [0.3, 0.4) is 0 Å². The molecule has 3 heteroatoms. The van der Waals surface area contributed by atoms with Crippen molar-refractivity contribution in [1.29, 1.82) is 0 Å². The van der Waals surface area contributed by atoms with E-state index < -0.39 is 0 Å². The summed E-state index contributed by atoms with van der Waals surface area (Å²) in [5, 5.41) is 0. The first-order valence-electron chi connectivity index (χ1n) is 1.43. The van der Waals surface area contributed by atoms with Crippen molar-refractivity contribution >= 4 is 0 Å². The van der Waals surface area contributed by atoms with Gasteiger partial charge >= 0.3 is 57.5 Å². The van der Waals surface area contributed by atoms with E-state index in [9.17, 15) is 0 Å². The van der Waals surface area contributed by atoms with Crippen LogP contribution in [0, 0.1) is 37.0 Å². The van der Waals surface area contributed by atoms with Crippen molar-refractivity contribution in [2.45, 2.75) is 0 Å². The molecule has 0 rings (SSSR count). The predicted molar refractivity (Wildman–Crippen MR) is 17.1 cm³/mol. The van der Waals surface area contributed by atoms with Crippen LogP contribution in [0.4, 0.5) is 0 Å². The van der Waals surface area contributed by atoms with Gasteiger partial charge in [0.05, 0.1) is 0 Å². The van der Waals surface area contributed by atoms with Crippen LogP contribution in [0.1, 0.15) is 0 Å². The number of hydrogen-bond donors (Lipinski definition) is 2. The van der Waals surface area contributed by atoms with Gasteiger partial charge < -0.3 is 0 Å². The van der Waals surface area contributed by atoms with Crippen LogP contribution >= 0.6 is 0 Å². The molecule has 0 atom stereocenters. The number of hydrogen-bond acceptors (Lipinski definition) is 2. The van der Waals surface area contributed by atoms with Crippen molar-refractivity contribution in [3.63, 3.8) is 0 Å². The van der Waals surface area contributed by atoms with Gasteiger partial charge in [0.25, 0.3) is 0 Å². The minimum atomic E-state index is 0.733. The van der Waals surface area contributed by atoms with E-state index in [0.29, 0.717) is 0 Å². The first-order chi connectivity index (χ1) is 2.41. The Hall–Kier alpha value is 1.21. The molecule has 0 heterocycles. The molecule has 0 amide bonds. The fourth-order valence-corrected chi connectivity index (χ4v) is 0.357. The topological polar surface area (TPSA) is 38.0 Å². The van der Waals surface area contributed by atoms with E-state index in [1.807, 2.05) is 37.0 Å². The van der Waals surface area contributed by atoms with Crippen LogP contribution in [0.25, 0.3) is 0 Å². The van der Waals surface area contributed by atoms with E-state index in [4.69, 9.17) is 5.73 Å². The molecule has 0 aromatic rings. The van der Waals surface area contributed by atoms with Crippen molar-refractivity contribution in [3.05, 3.63) is 0 Å². The van der Waals surface area contributed by atoms with Gasteiger partial charge in [-0.3, -0.25) is 0 Å². The molecule has 0 aliphatic carbocycles. The Morgan fingerprint density at radius 1 is 1.80 bits per heavy atom. The summed E-state index contributed by atoms with van der Waals surface area (Å²) < 4.78 is 2.89. The van der Waals surface area contributed by atoms with Crippen LogP contribution in [0.2, 0.25) is 0 Å². The fraction of sp³-hybridized carbons (Fsp3) is 1.00. The quantitative estimate of drug-likeness (QED) is 0.623. The third-order valence-corrected chi connectivity index (χ3v) is 0.762. The third-order valence-electron chi connectivity index (χ3n) is 0.228. The molecule has 0 aliphatic heterocycles. The van der Waals surface area contributed by atoms with Gasteiger partial charge in [0, 0.05) is 0 Å². The number of nitrogens with one attached hydrogen (secondary N) is 1. The summed E-state index contributed by atoms with van der Waals surface area (Å²) in [6.45, 7) is 1.65. The summed E-state index contributed by atoms with van der Waals surface area (Å²) >= 11 is 1.88. The van der Waals surface area contributed by atoms with Crippen molar-refractivity contribution < 1.29 is 37.0 Å². The van der Waals surface area contributed by atoms with E-state index in [1.165, 1.54) is 0 Å². The second kappa shape index (κ2) is 5.21. The van der Waals surface area contributed by atoms with E-state index in [0.717, 1.165) is 13.1 Å². The van der Waals surface area contributed by atoms with Gasteiger partial charge in [-0.1, -0.05) is 0 Å². The normalized spacial score (nSPS) is 8.60. The zero-order valence-corrected chi connectivity index (χ0v) is 4.96. The SMILES string of the molecule is NCC[NH][Tb]. The Morgan fingerprint density at radius 2 is 2.40 bits per heavy atom. The number of rotatable bonds is 2. The monoisotopic (exact) mass is 218 g/mol. The van der Waals surface area contributed by atoms with Crippen molar-refractivity contribution in [1.82, 2.24) is 1.69 Å². The second-order valence-corrected chi connectivity index (χ2v) is 1.41. The molecule has 0 aliphatic rings. The minimum absolute atomic E-state index is 0.733. The fourth-order valence-electron chi connectivity index (χ4n) is 0.0481. The zero-order valence-electron chi connectivity index (χ0n) is 2.82. The average molecular weight is 218 g/mol. The molecule has 0 aromatic carbocycles. The molecule has 0 aromatic heterocycles. The van der Waals surface area contributed by atoms with Gasteiger partial charge in [-0.05, 0) is 0 Å². The Morgan fingerprint density at radius 3 is 2.40 bits per heavy atom. The summed E-state index contributed by atoms with van der Waals surface area (Å²) in [6, 6.07) is 0.